The van der Waals surface area contributed by atoms with Crippen LogP contribution in [-0.4, -0.2) is 11.9 Å². The molecule has 0 unspecified atom stereocenters. The molecule has 0 atom stereocenters. The van der Waals surface area contributed by atoms with E-state index in [1.54, 1.807) is 17.0 Å². The number of amides is 1. The Kier molecular flexibility index (Phi) is 2.95. The smallest absolute Gasteiger partial charge is 0.227 e. The number of fused-ring (bicyclic) bond motifs is 1. The van der Waals surface area contributed by atoms with Crippen LogP contribution in [0.15, 0.2) is 18.2 Å². The Morgan fingerprint density at radius 3 is 2.75 bits per heavy atom. The fourth-order valence-corrected chi connectivity index (χ4v) is 2.24. The number of anilines is 1. The van der Waals surface area contributed by atoms with E-state index in [9.17, 15) is 9.18 Å². The van der Waals surface area contributed by atoms with Crippen LogP contribution in [0.5, 0.6) is 0 Å². The fourth-order valence-electron chi connectivity index (χ4n) is 2.24. The fraction of sp³-hybridized carbons (Fsp3) is 0.462. The number of carbonyl (C=O) groups excluding carboxylic acids is 1. The minimum absolute atomic E-state index is 0.120. The first-order valence-electron chi connectivity index (χ1n) is 5.70. The SMILES string of the molecule is CC(C)N1C(=O)CCCc2cc(F)ccc21. The van der Waals surface area contributed by atoms with Crippen LogP contribution in [0.4, 0.5) is 10.1 Å². The summed E-state index contributed by atoms with van der Waals surface area (Å²) in [5.41, 5.74) is 1.82. The molecule has 2 nitrogen and oxygen atoms in total. The van der Waals surface area contributed by atoms with Gasteiger partial charge in [-0.25, -0.2) is 4.39 Å². The molecule has 16 heavy (non-hydrogen) atoms. The number of halogens is 1. The molecule has 1 amide bonds. The molecule has 0 fully saturated rings. The van der Waals surface area contributed by atoms with Gasteiger partial charge < -0.3 is 4.90 Å². The van der Waals surface area contributed by atoms with E-state index in [0.717, 1.165) is 24.1 Å². The molecule has 0 radical (unpaired) electrons. The average molecular weight is 221 g/mol. The van der Waals surface area contributed by atoms with Crippen molar-refractivity contribution in [3.63, 3.8) is 0 Å². The summed E-state index contributed by atoms with van der Waals surface area (Å²) in [7, 11) is 0. The summed E-state index contributed by atoms with van der Waals surface area (Å²) in [4.78, 5) is 13.7. The second-order valence-corrected chi connectivity index (χ2v) is 4.48. The van der Waals surface area contributed by atoms with E-state index >= 15 is 0 Å². The second kappa shape index (κ2) is 4.24. The van der Waals surface area contributed by atoms with Crippen molar-refractivity contribution in [2.24, 2.45) is 0 Å². The van der Waals surface area contributed by atoms with Gasteiger partial charge in [-0.05, 0) is 50.5 Å². The summed E-state index contributed by atoms with van der Waals surface area (Å²) in [5.74, 6) is -0.0860. The van der Waals surface area contributed by atoms with Crippen molar-refractivity contribution in [3.05, 3.63) is 29.6 Å². The van der Waals surface area contributed by atoms with Gasteiger partial charge in [-0.2, -0.15) is 0 Å². The maximum atomic E-state index is 13.1. The van der Waals surface area contributed by atoms with Gasteiger partial charge in [0, 0.05) is 18.2 Å². The lowest BCUT2D eigenvalue weighted by Crippen LogP contribution is -2.36. The highest BCUT2D eigenvalue weighted by Crippen LogP contribution is 2.29. The molecule has 0 aliphatic carbocycles. The van der Waals surface area contributed by atoms with Gasteiger partial charge in [-0.15, -0.1) is 0 Å². The molecule has 86 valence electrons. The Morgan fingerprint density at radius 2 is 2.06 bits per heavy atom. The molecular formula is C13H16FNO. The number of nitrogens with zero attached hydrogens (tertiary/aromatic N) is 1. The molecule has 0 saturated heterocycles. The van der Waals surface area contributed by atoms with Gasteiger partial charge in [0.25, 0.3) is 0 Å². The van der Waals surface area contributed by atoms with Gasteiger partial charge in [0.05, 0.1) is 0 Å². The summed E-state index contributed by atoms with van der Waals surface area (Å²) in [6.45, 7) is 3.96. The van der Waals surface area contributed by atoms with Gasteiger partial charge in [0.15, 0.2) is 0 Å². The van der Waals surface area contributed by atoms with Crippen molar-refractivity contribution >= 4 is 11.6 Å². The predicted molar refractivity (Wildman–Crippen MR) is 62.0 cm³/mol. The van der Waals surface area contributed by atoms with E-state index < -0.39 is 0 Å². The lowest BCUT2D eigenvalue weighted by atomic mass is 10.1. The van der Waals surface area contributed by atoms with Crippen molar-refractivity contribution < 1.29 is 9.18 Å². The van der Waals surface area contributed by atoms with E-state index in [2.05, 4.69) is 0 Å². The van der Waals surface area contributed by atoms with Gasteiger partial charge in [0.1, 0.15) is 5.82 Å². The van der Waals surface area contributed by atoms with Crippen LogP contribution >= 0.6 is 0 Å². The normalized spacial score (nSPS) is 16.2. The summed E-state index contributed by atoms with van der Waals surface area (Å²) < 4.78 is 13.1. The molecule has 0 bridgehead atoms. The minimum Gasteiger partial charge on any atom is -0.310 e. The first-order chi connectivity index (χ1) is 7.59. The number of rotatable bonds is 1. The largest absolute Gasteiger partial charge is 0.310 e. The van der Waals surface area contributed by atoms with Crippen molar-refractivity contribution in [2.75, 3.05) is 4.90 Å². The van der Waals surface area contributed by atoms with E-state index in [4.69, 9.17) is 0 Å². The minimum atomic E-state index is -0.225. The number of aryl methyl sites for hydroxylation is 1. The molecule has 0 saturated carbocycles. The van der Waals surface area contributed by atoms with Crippen molar-refractivity contribution in [2.45, 2.75) is 39.2 Å². The third-order valence-corrected chi connectivity index (χ3v) is 2.92. The predicted octanol–water partition coefficient (Wildman–Crippen LogP) is 2.90. The summed E-state index contributed by atoms with van der Waals surface area (Å²) in [6.07, 6.45) is 2.13. The Hall–Kier alpha value is -1.38. The molecule has 1 heterocycles. The monoisotopic (exact) mass is 221 g/mol. The maximum absolute atomic E-state index is 13.1. The van der Waals surface area contributed by atoms with Gasteiger partial charge in [-0.1, -0.05) is 0 Å². The molecule has 0 N–H and O–H groups in total. The first-order valence-corrected chi connectivity index (χ1v) is 5.70. The van der Waals surface area contributed by atoms with Gasteiger partial charge >= 0.3 is 0 Å². The molecule has 3 heteroatoms. The number of carbonyl (C=O) groups is 1. The Balaban J connectivity index is 2.50. The highest BCUT2D eigenvalue weighted by molar-refractivity contribution is 5.95. The molecule has 1 aromatic carbocycles. The molecule has 0 aromatic heterocycles. The Labute approximate surface area is 95.1 Å². The summed E-state index contributed by atoms with van der Waals surface area (Å²) in [6, 6.07) is 4.80. The zero-order chi connectivity index (χ0) is 11.7. The van der Waals surface area contributed by atoms with Crippen LogP contribution in [0.1, 0.15) is 32.3 Å². The number of benzene rings is 1. The van der Waals surface area contributed by atoms with Crippen molar-refractivity contribution in [1.82, 2.24) is 0 Å². The van der Waals surface area contributed by atoms with Crippen LogP contribution < -0.4 is 4.90 Å². The lowest BCUT2D eigenvalue weighted by molar-refractivity contribution is -0.118. The molecule has 1 aliphatic heterocycles. The van der Waals surface area contributed by atoms with Gasteiger partial charge in [-0.3, -0.25) is 4.79 Å². The zero-order valence-electron chi connectivity index (χ0n) is 9.66. The molecule has 0 spiro atoms. The number of hydrogen-bond acceptors (Lipinski definition) is 1. The van der Waals surface area contributed by atoms with Crippen LogP contribution in [-0.2, 0) is 11.2 Å². The summed E-state index contributed by atoms with van der Waals surface area (Å²) >= 11 is 0. The molecule has 2 rings (SSSR count). The zero-order valence-corrected chi connectivity index (χ0v) is 9.66. The van der Waals surface area contributed by atoms with Crippen LogP contribution in [0.2, 0.25) is 0 Å². The van der Waals surface area contributed by atoms with E-state index in [1.165, 1.54) is 6.07 Å². The Morgan fingerprint density at radius 1 is 1.31 bits per heavy atom. The third kappa shape index (κ3) is 1.94. The molecular weight excluding hydrogens is 205 g/mol. The van der Waals surface area contributed by atoms with Crippen molar-refractivity contribution in [1.29, 1.82) is 0 Å². The van der Waals surface area contributed by atoms with Crippen LogP contribution in [0, 0.1) is 5.82 Å². The van der Waals surface area contributed by atoms with E-state index in [0.29, 0.717) is 6.42 Å². The third-order valence-electron chi connectivity index (χ3n) is 2.92. The van der Waals surface area contributed by atoms with E-state index in [-0.39, 0.29) is 17.8 Å². The first kappa shape index (κ1) is 11.1. The lowest BCUT2D eigenvalue weighted by Gasteiger charge is -2.27. The quantitative estimate of drug-likeness (QED) is 0.714. The average Bonchev–Trinajstić information content (AvgIpc) is 2.35. The highest BCUT2D eigenvalue weighted by atomic mass is 19.1. The number of hydrogen-bond donors (Lipinski definition) is 0. The highest BCUT2D eigenvalue weighted by Gasteiger charge is 2.24. The van der Waals surface area contributed by atoms with Crippen LogP contribution in [0.25, 0.3) is 0 Å². The van der Waals surface area contributed by atoms with E-state index in [1.807, 2.05) is 13.8 Å². The topological polar surface area (TPSA) is 20.3 Å². The summed E-state index contributed by atoms with van der Waals surface area (Å²) in [5, 5.41) is 0. The maximum Gasteiger partial charge on any atom is 0.227 e. The van der Waals surface area contributed by atoms with Crippen LogP contribution in [0.3, 0.4) is 0 Å². The molecule has 1 aliphatic rings. The van der Waals surface area contributed by atoms with Crippen molar-refractivity contribution in [3.8, 4) is 0 Å². The molecule has 1 aromatic rings. The standard InChI is InChI=1S/C13H16FNO/c1-9(2)15-12-7-6-11(14)8-10(12)4-3-5-13(15)16/h6-9H,3-5H2,1-2H3. The van der Waals surface area contributed by atoms with Gasteiger partial charge in [0.2, 0.25) is 5.91 Å². The Bertz CT molecular complexity index is 414. The second-order valence-electron chi connectivity index (χ2n) is 4.48.